The van der Waals surface area contributed by atoms with Crippen LogP contribution in [-0.4, -0.2) is 62.6 Å². The molecule has 3 aromatic rings. The maximum Gasteiger partial charge on any atom is 0.254 e. The molecule has 35 heavy (non-hydrogen) atoms. The summed E-state index contributed by atoms with van der Waals surface area (Å²) in [5.74, 6) is 0.642. The molecule has 0 fully saturated rings. The van der Waals surface area contributed by atoms with E-state index in [1.54, 1.807) is 46.4 Å². The zero-order valence-electron chi connectivity index (χ0n) is 20.4. The minimum absolute atomic E-state index is 0.0414. The summed E-state index contributed by atoms with van der Waals surface area (Å²) in [7, 11) is 4.69. The number of ether oxygens (including phenoxy) is 3. The molecule has 0 aliphatic rings. The molecule has 0 bridgehead atoms. The van der Waals surface area contributed by atoms with Crippen molar-refractivity contribution in [3.8, 4) is 11.5 Å². The highest BCUT2D eigenvalue weighted by molar-refractivity contribution is 7.09. The van der Waals surface area contributed by atoms with Crippen LogP contribution < -0.4 is 9.47 Å². The summed E-state index contributed by atoms with van der Waals surface area (Å²) in [6.07, 6.45) is 0.611. The van der Waals surface area contributed by atoms with Gasteiger partial charge in [0.15, 0.2) is 0 Å². The molecule has 1 aromatic heterocycles. The van der Waals surface area contributed by atoms with Crippen molar-refractivity contribution in [2.24, 2.45) is 0 Å². The Morgan fingerprint density at radius 2 is 1.57 bits per heavy atom. The van der Waals surface area contributed by atoms with E-state index < -0.39 is 0 Å². The fourth-order valence-corrected chi connectivity index (χ4v) is 4.38. The highest BCUT2D eigenvalue weighted by Crippen LogP contribution is 2.24. The van der Waals surface area contributed by atoms with Gasteiger partial charge in [0.1, 0.15) is 18.0 Å². The van der Waals surface area contributed by atoms with Gasteiger partial charge in [0.05, 0.1) is 20.8 Å². The Morgan fingerprint density at radius 3 is 2.17 bits per heavy atom. The Balaban J connectivity index is 1.83. The first-order chi connectivity index (χ1) is 17.0. The molecule has 2 aromatic carbocycles. The van der Waals surface area contributed by atoms with Gasteiger partial charge < -0.3 is 24.0 Å². The normalized spacial score (nSPS) is 10.6. The predicted octanol–water partition coefficient (Wildman–Crippen LogP) is 4.47. The van der Waals surface area contributed by atoms with Crippen molar-refractivity contribution in [1.29, 1.82) is 0 Å². The van der Waals surface area contributed by atoms with Crippen molar-refractivity contribution in [2.45, 2.75) is 19.5 Å². The van der Waals surface area contributed by atoms with E-state index in [1.807, 2.05) is 47.8 Å². The van der Waals surface area contributed by atoms with Crippen molar-refractivity contribution in [3.63, 3.8) is 0 Å². The van der Waals surface area contributed by atoms with E-state index in [-0.39, 0.29) is 18.4 Å². The lowest BCUT2D eigenvalue weighted by atomic mass is 10.1. The van der Waals surface area contributed by atoms with Crippen LogP contribution >= 0.6 is 11.3 Å². The third-order valence-electron chi connectivity index (χ3n) is 5.48. The minimum atomic E-state index is -0.262. The van der Waals surface area contributed by atoms with Crippen molar-refractivity contribution in [1.82, 2.24) is 9.80 Å². The predicted molar refractivity (Wildman–Crippen MR) is 137 cm³/mol. The Kier molecular flexibility index (Phi) is 10.1. The number of carbonyl (C=O) groups excluding carboxylic acids is 2. The molecule has 0 unspecified atom stereocenters. The summed E-state index contributed by atoms with van der Waals surface area (Å²) >= 11 is 1.61. The number of carbonyl (C=O) groups is 2. The van der Waals surface area contributed by atoms with E-state index >= 15 is 0 Å². The molecule has 0 aliphatic heterocycles. The number of rotatable bonds is 13. The fraction of sp³-hybridized carbons (Fsp3) is 0.333. The van der Waals surface area contributed by atoms with Gasteiger partial charge in [-0.15, -0.1) is 11.3 Å². The molecule has 0 saturated heterocycles. The SMILES string of the molecule is COCCCN(CC(=O)N(Cc1ccccc1)Cc1cccs1)C(=O)c1cc(OC)cc(OC)c1. The summed E-state index contributed by atoms with van der Waals surface area (Å²) in [6.45, 7) is 1.78. The van der Waals surface area contributed by atoms with Crippen LogP contribution in [0, 0.1) is 0 Å². The first-order valence-corrected chi connectivity index (χ1v) is 12.3. The third kappa shape index (κ3) is 7.83. The van der Waals surface area contributed by atoms with Gasteiger partial charge in [0.25, 0.3) is 5.91 Å². The monoisotopic (exact) mass is 496 g/mol. The summed E-state index contributed by atoms with van der Waals surface area (Å²) < 4.78 is 15.8. The van der Waals surface area contributed by atoms with Crippen molar-refractivity contribution in [3.05, 3.63) is 82.0 Å². The number of thiophene rings is 1. The van der Waals surface area contributed by atoms with Crippen molar-refractivity contribution >= 4 is 23.2 Å². The van der Waals surface area contributed by atoms with Crippen LogP contribution in [0.5, 0.6) is 11.5 Å². The quantitative estimate of drug-likeness (QED) is 0.327. The molecule has 1 heterocycles. The second kappa shape index (κ2) is 13.5. The second-order valence-corrected chi connectivity index (χ2v) is 9.02. The number of hydrogen-bond donors (Lipinski definition) is 0. The van der Waals surface area contributed by atoms with Crippen LogP contribution in [0.1, 0.15) is 27.2 Å². The number of benzene rings is 2. The maximum absolute atomic E-state index is 13.6. The molecule has 0 atom stereocenters. The van der Waals surface area contributed by atoms with Crippen LogP contribution in [0.4, 0.5) is 0 Å². The molecular formula is C27H32N2O5S. The summed E-state index contributed by atoms with van der Waals surface area (Å²) in [6, 6.07) is 18.9. The van der Waals surface area contributed by atoms with E-state index in [4.69, 9.17) is 14.2 Å². The largest absolute Gasteiger partial charge is 0.497 e. The smallest absolute Gasteiger partial charge is 0.254 e. The van der Waals surface area contributed by atoms with Gasteiger partial charge in [0, 0.05) is 43.3 Å². The highest BCUT2D eigenvalue weighted by Gasteiger charge is 2.24. The van der Waals surface area contributed by atoms with E-state index in [0.29, 0.717) is 49.7 Å². The highest BCUT2D eigenvalue weighted by atomic mass is 32.1. The van der Waals surface area contributed by atoms with Crippen molar-refractivity contribution in [2.75, 3.05) is 41.0 Å². The molecule has 186 valence electrons. The average molecular weight is 497 g/mol. The standard InChI is InChI=1S/C27H32N2O5S/c1-32-13-8-12-28(27(31)22-15-23(33-2)17-24(16-22)34-3)20-26(30)29(19-25-11-7-14-35-25)18-21-9-5-4-6-10-21/h4-7,9-11,14-17H,8,12-13,18-20H2,1-3H3. The van der Waals surface area contributed by atoms with Crippen molar-refractivity contribution < 1.29 is 23.8 Å². The van der Waals surface area contributed by atoms with Crippen LogP contribution in [0.15, 0.2) is 66.0 Å². The molecule has 2 amide bonds. The van der Waals surface area contributed by atoms with E-state index in [1.165, 1.54) is 14.2 Å². The van der Waals surface area contributed by atoms with Crippen LogP contribution in [-0.2, 0) is 22.6 Å². The zero-order chi connectivity index (χ0) is 25.0. The van der Waals surface area contributed by atoms with E-state index in [0.717, 1.165) is 10.4 Å². The van der Waals surface area contributed by atoms with E-state index in [2.05, 4.69) is 0 Å². The lowest BCUT2D eigenvalue weighted by molar-refractivity contribution is -0.133. The van der Waals surface area contributed by atoms with Gasteiger partial charge in [-0.3, -0.25) is 9.59 Å². The van der Waals surface area contributed by atoms with Gasteiger partial charge in [0.2, 0.25) is 5.91 Å². The topological polar surface area (TPSA) is 68.3 Å². The zero-order valence-corrected chi connectivity index (χ0v) is 21.3. The number of amides is 2. The lowest BCUT2D eigenvalue weighted by Crippen LogP contribution is -2.43. The minimum Gasteiger partial charge on any atom is -0.497 e. The van der Waals surface area contributed by atoms with Crippen LogP contribution in [0.3, 0.4) is 0 Å². The maximum atomic E-state index is 13.6. The Hall–Kier alpha value is -3.36. The molecule has 3 rings (SSSR count). The number of hydrogen-bond acceptors (Lipinski definition) is 6. The molecular weight excluding hydrogens is 464 g/mol. The third-order valence-corrected chi connectivity index (χ3v) is 6.35. The van der Waals surface area contributed by atoms with Crippen LogP contribution in [0.2, 0.25) is 0 Å². The lowest BCUT2D eigenvalue weighted by Gasteiger charge is -2.28. The van der Waals surface area contributed by atoms with E-state index in [9.17, 15) is 9.59 Å². The number of nitrogens with zero attached hydrogens (tertiary/aromatic N) is 2. The first kappa shape index (κ1) is 26.2. The molecule has 0 N–H and O–H groups in total. The Bertz CT molecular complexity index is 1050. The van der Waals surface area contributed by atoms with Crippen LogP contribution in [0.25, 0.3) is 0 Å². The first-order valence-electron chi connectivity index (χ1n) is 11.4. The Morgan fingerprint density at radius 1 is 0.857 bits per heavy atom. The van der Waals surface area contributed by atoms with Gasteiger partial charge in [-0.05, 0) is 35.6 Å². The number of methoxy groups -OCH3 is 3. The summed E-state index contributed by atoms with van der Waals surface area (Å²) in [5, 5.41) is 2.00. The summed E-state index contributed by atoms with van der Waals surface area (Å²) in [4.78, 5) is 31.5. The Labute approximate surface area is 210 Å². The molecule has 7 nitrogen and oxygen atoms in total. The van der Waals surface area contributed by atoms with Gasteiger partial charge in [-0.25, -0.2) is 0 Å². The molecule has 0 aliphatic carbocycles. The molecule has 8 heteroatoms. The fourth-order valence-electron chi connectivity index (χ4n) is 3.66. The summed E-state index contributed by atoms with van der Waals surface area (Å²) in [5.41, 5.74) is 1.44. The van der Waals surface area contributed by atoms with Gasteiger partial charge >= 0.3 is 0 Å². The molecule has 0 spiro atoms. The van der Waals surface area contributed by atoms with Gasteiger partial charge in [-0.1, -0.05) is 36.4 Å². The molecule has 0 radical (unpaired) electrons. The average Bonchev–Trinajstić information content (AvgIpc) is 3.40. The van der Waals surface area contributed by atoms with Gasteiger partial charge in [-0.2, -0.15) is 0 Å². The molecule has 0 saturated carbocycles. The second-order valence-electron chi connectivity index (χ2n) is 7.99.